The van der Waals surface area contributed by atoms with Gasteiger partial charge in [-0.1, -0.05) is 18.8 Å². The molecule has 8 nitrogen and oxygen atoms in total. The molecule has 1 fully saturated rings. The van der Waals surface area contributed by atoms with Crippen LogP contribution in [-0.4, -0.2) is 74.1 Å². The van der Waals surface area contributed by atoms with Gasteiger partial charge in [-0.25, -0.2) is 9.37 Å². The number of urea groups is 1. The van der Waals surface area contributed by atoms with E-state index in [0.717, 1.165) is 29.1 Å². The van der Waals surface area contributed by atoms with Gasteiger partial charge in [0, 0.05) is 20.5 Å². The van der Waals surface area contributed by atoms with Gasteiger partial charge in [0.05, 0.1) is 11.7 Å². The van der Waals surface area contributed by atoms with E-state index in [-0.39, 0.29) is 18.0 Å². The van der Waals surface area contributed by atoms with E-state index in [1.54, 1.807) is 7.05 Å². The van der Waals surface area contributed by atoms with Gasteiger partial charge in [-0.15, -0.1) is 9.78 Å². The van der Waals surface area contributed by atoms with Gasteiger partial charge in [-0.2, -0.15) is 0 Å². The van der Waals surface area contributed by atoms with Crippen LogP contribution in [-0.2, 0) is 17.6 Å². The van der Waals surface area contributed by atoms with E-state index in [4.69, 9.17) is 0 Å². The number of carbonyl (C=O) groups excluding carboxylic acids is 2. The zero-order valence-corrected chi connectivity index (χ0v) is 15.6. The molecular formula is C17H25N6O2+. The van der Waals surface area contributed by atoms with Gasteiger partial charge in [-0.05, 0) is 26.3 Å². The number of fused-ring (bicyclic) bond motifs is 1. The standard InChI is InChI=1S/C17H25N6O2/c1-7-11-9-12(8-2)23(19-11)16-18-14-13(22(16)10(3)4)15(24)21(6)17(25)20(14)5/h9-10,13H,7-8H2,1-6H3/q+1. The van der Waals surface area contributed by atoms with Crippen molar-refractivity contribution in [3.8, 4) is 0 Å². The molecular weight excluding hydrogens is 320 g/mol. The third-order valence-corrected chi connectivity index (χ3v) is 4.75. The molecule has 3 heterocycles. The third-order valence-electron chi connectivity index (χ3n) is 4.75. The van der Waals surface area contributed by atoms with Crippen LogP contribution < -0.4 is 0 Å². The Morgan fingerprint density at radius 3 is 2.40 bits per heavy atom. The lowest BCUT2D eigenvalue weighted by molar-refractivity contribution is -0.567. The van der Waals surface area contributed by atoms with Crippen LogP contribution in [0.5, 0.6) is 0 Å². The summed E-state index contributed by atoms with van der Waals surface area (Å²) in [6.45, 7) is 8.15. The predicted molar refractivity (Wildman–Crippen MR) is 93.9 cm³/mol. The second-order valence-corrected chi connectivity index (χ2v) is 6.66. The lowest BCUT2D eigenvalue weighted by Gasteiger charge is -2.32. The van der Waals surface area contributed by atoms with E-state index in [9.17, 15) is 9.59 Å². The number of amidine groups is 1. The van der Waals surface area contributed by atoms with Gasteiger partial charge >= 0.3 is 12.0 Å². The first-order valence-corrected chi connectivity index (χ1v) is 8.69. The van der Waals surface area contributed by atoms with Crippen LogP contribution in [0, 0.1) is 0 Å². The average Bonchev–Trinajstić information content (AvgIpc) is 3.18. The van der Waals surface area contributed by atoms with Crippen molar-refractivity contribution >= 4 is 23.7 Å². The van der Waals surface area contributed by atoms with Crippen molar-refractivity contribution in [1.29, 1.82) is 0 Å². The minimum Gasteiger partial charge on any atom is -0.270 e. The maximum Gasteiger partial charge on any atom is 0.421 e. The third kappa shape index (κ3) is 2.47. The summed E-state index contributed by atoms with van der Waals surface area (Å²) in [6, 6.07) is 1.13. The molecule has 3 amide bonds. The molecule has 2 aliphatic heterocycles. The monoisotopic (exact) mass is 345 g/mol. The van der Waals surface area contributed by atoms with Crippen LogP contribution in [0.1, 0.15) is 39.1 Å². The summed E-state index contributed by atoms with van der Waals surface area (Å²) in [4.78, 5) is 32.3. The van der Waals surface area contributed by atoms with Gasteiger partial charge < -0.3 is 0 Å². The minimum absolute atomic E-state index is 0.0270. The Morgan fingerprint density at radius 1 is 1.16 bits per heavy atom. The van der Waals surface area contributed by atoms with Gasteiger partial charge in [0.1, 0.15) is 5.69 Å². The van der Waals surface area contributed by atoms with E-state index in [2.05, 4.69) is 30.0 Å². The first kappa shape index (κ1) is 17.3. The molecule has 1 atom stereocenters. The number of imide groups is 1. The number of nitrogens with zero attached hydrogens (tertiary/aromatic N) is 6. The number of hydrogen-bond donors (Lipinski definition) is 0. The lowest BCUT2D eigenvalue weighted by Crippen LogP contribution is -2.62. The summed E-state index contributed by atoms with van der Waals surface area (Å²) in [7, 11) is 3.16. The molecule has 134 valence electrons. The lowest BCUT2D eigenvalue weighted by atomic mass is 10.1. The summed E-state index contributed by atoms with van der Waals surface area (Å²) in [5.74, 6) is 0.814. The number of hydrogen-bond acceptors (Lipinski definition) is 4. The predicted octanol–water partition coefficient (Wildman–Crippen LogP) is 0.937. The summed E-state index contributed by atoms with van der Waals surface area (Å²) in [6.07, 6.45) is 1.63. The van der Waals surface area contributed by atoms with E-state index in [0.29, 0.717) is 11.8 Å². The van der Waals surface area contributed by atoms with Crippen LogP contribution in [0.4, 0.5) is 4.79 Å². The molecule has 0 aliphatic carbocycles. The van der Waals surface area contributed by atoms with Crippen molar-refractivity contribution in [1.82, 2.24) is 19.6 Å². The van der Waals surface area contributed by atoms with Gasteiger partial charge in [-0.3, -0.25) is 14.6 Å². The molecule has 2 aliphatic rings. The second kappa shape index (κ2) is 6.09. The molecule has 3 rings (SSSR count). The van der Waals surface area contributed by atoms with Crippen LogP contribution >= 0.6 is 0 Å². The molecule has 1 aromatic rings. The first-order valence-electron chi connectivity index (χ1n) is 8.69. The number of aliphatic imine (C=N–C) groups is 1. The summed E-state index contributed by atoms with van der Waals surface area (Å²) < 4.78 is 3.76. The minimum atomic E-state index is -0.596. The maximum atomic E-state index is 12.8. The highest BCUT2D eigenvalue weighted by Crippen LogP contribution is 2.22. The molecule has 0 aromatic carbocycles. The zero-order chi connectivity index (χ0) is 18.5. The van der Waals surface area contributed by atoms with E-state index >= 15 is 0 Å². The molecule has 1 saturated heterocycles. The number of amides is 3. The normalized spacial score (nSPS) is 20.8. The fourth-order valence-corrected chi connectivity index (χ4v) is 3.31. The Bertz CT molecular complexity index is 804. The topological polar surface area (TPSA) is 73.8 Å². The summed E-state index contributed by atoms with van der Waals surface area (Å²) >= 11 is 0. The van der Waals surface area contributed by atoms with E-state index in [1.807, 2.05) is 23.1 Å². The Hall–Kier alpha value is -2.51. The Morgan fingerprint density at radius 2 is 1.84 bits per heavy atom. The maximum absolute atomic E-state index is 12.8. The van der Waals surface area contributed by atoms with E-state index in [1.165, 1.54) is 11.9 Å². The van der Waals surface area contributed by atoms with Crippen molar-refractivity contribution in [2.45, 2.75) is 52.6 Å². The van der Waals surface area contributed by atoms with Crippen molar-refractivity contribution < 1.29 is 14.2 Å². The Kier molecular flexibility index (Phi) is 4.22. The van der Waals surface area contributed by atoms with Crippen molar-refractivity contribution in [3.63, 3.8) is 0 Å². The van der Waals surface area contributed by atoms with Crippen LogP contribution in [0.3, 0.4) is 0 Å². The highest BCUT2D eigenvalue weighted by Gasteiger charge is 2.52. The first-order chi connectivity index (χ1) is 11.8. The largest absolute Gasteiger partial charge is 0.421 e. The van der Waals surface area contributed by atoms with Crippen molar-refractivity contribution in [2.75, 3.05) is 14.1 Å². The molecule has 0 spiro atoms. The number of rotatable bonds is 3. The molecule has 0 radical (unpaired) electrons. The number of carbonyl (C=O) groups is 2. The average molecular weight is 345 g/mol. The van der Waals surface area contributed by atoms with Crippen LogP contribution in [0.2, 0.25) is 0 Å². The Labute approximate surface area is 147 Å². The second-order valence-electron chi connectivity index (χ2n) is 6.66. The molecule has 0 N–H and O–H groups in total. The van der Waals surface area contributed by atoms with Gasteiger partial charge in [0.15, 0.2) is 0 Å². The Balaban J connectivity index is 2.21. The fourth-order valence-electron chi connectivity index (χ4n) is 3.31. The highest BCUT2D eigenvalue weighted by atomic mass is 16.2. The van der Waals surface area contributed by atoms with Crippen molar-refractivity contribution in [3.05, 3.63) is 17.5 Å². The van der Waals surface area contributed by atoms with Crippen molar-refractivity contribution in [2.24, 2.45) is 4.99 Å². The number of aryl methyl sites for hydroxylation is 2. The summed E-state index contributed by atoms with van der Waals surface area (Å²) in [5, 5.41) is 4.66. The van der Waals surface area contributed by atoms with E-state index < -0.39 is 6.04 Å². The van der Waals surface area contributed by atoms with Gasteiger partial charge in [0.25, 0.3) is 5.91 Å². The van der Waals surface area contributed by atoms with Gasteiger partial charge in [0.2, 0.25) is 11.9 Å². The SMILES string of the molecule is CCc1cc(CC)n(C2=[N+](C(C)C)C3C(=O)N(C)C(=O)N(C)C3=N2)n1. The van der Waals surface area contributed by atoms with Crippen LogP contribution in [0.25, 0.3) is 0 Å². The molecule has 0 bridgehead atoms. The zero-order valence-electron chi connectivity index (χ0n) is 15.6. The quantitative estimate of drug-likeness (QED) is 0.765. The molecule has 0 saturated carbocycles. The number of aromatic nitrogens is 2. The number of likely N-dealkylation sites (N-methyl/N-ethyl adjacent to an activating group) is 2. The van der Waals surface area contributed by atoms with Crippen LogP contribution in [0.15, 0.2) is 11.1 Å². The molecule has 1 aromatic heterocycles. The smallest absolute Gasteiger partial charge is 0.270 e. The highest BCUT2D eigenvalue weighted by molar-refractivity contribution is 6.22. The molecule has 8 heteroatoms. The summed E-state index contributed by atoms with van der Waals surface area (Å²) in [5.41, 5.74) is 2.02. The molecule has 25 heavy (non-hydrogen) atoms. The molecule has 1 unspecified atom stereocenters. The fraction of sp³-hybridized carbons (Fsp3) is 0.588.